The molecular weight excluding hydrogens is 428 g/mol. The molecule has 1 heterocycles. The number of thioether (sulfide) groups is 1. The monoisotopic (exact) mass is 454 g/mol. The minimum atomic E-state index is -1.13. The molecule has 1 aliphatic heterocycles. The van der Waals surface area contributed by atoms with Gasteiger partial charge in [-0.25, -0.2) is 0 Å². The fourth-order valence-electron chi connectivity index (χ4n) is 3.78. The van der Waals surface area contributed by atoms with E-state index < -0.39 is 30.4 Å². The maximum Gasteiger partial charge on any atom is 0.323 e. The standard InChI is InChI=1S/C24H26N2O5S/c1-16(27)32-15-19(13-17-7-3-2-4-8-17)23(30)25-20-12-11-18-9-5-6-10-21(18)26(24(20)31)14-22(28)29/h2-10,19-20H,11-15H2,1H3,(H,25,30)(H,28,29)/t19-,20?/m1/s1. The number of aryl methyl sites for hydroxylation is 1. The maximum absolute atomic E-state index is 13.2. The summed E-state index contributed by atoms with van der Waals surface area (Å²) >= 11 is 1.08. The molecular formula is C24H26N2O5S. The van der Waals surface area contributed by atoms with Crippen molar-refractivity contribution < 1.29 is 24.3 Å². The molecule has 8 heteroatoms. The van der Waals surface area contributed by atoms with Crippen molar-refractivity contribution in [2.75, 3.05) is 17.2 Å². The van der Waals surface area contributed by atoms with E-state index in [2.05, 4.69) is 5.32 Å². The van der Waals surface area contributed by atoms with Gasteiger partial charge in [-0.3, -0.25) is 24.1 Å². The number of hydrogen-bond donors (Lipinski definition) is 2. The molecule has 0 fully saturated rings. The van der Waals surface area contributed by atoms with Gasteiger partial charge >= 0.3 is 5.97 Å². The molecule has 3 rings (SSSR count). The molecule has 2 aromatic carbocycles. The summed E-state index contributed by atoms with van der Waals surface area (Å²) in [5.41, 5.74) is 2.39. The van der Waals surface area contributed by atoms with Gasteiger partial charge in [0.05, 0.1) is 5.92 Å². The summed E-state index contributed by atoms with van der Waals surface area (Å²) in [6.45, 7) is 0.980. The van der Waals surface area contributed by atoms with Crippen molar-refractivity contribution in [1.82, 2.24) is 5.32 Å². The number of benzene rings is 2. The molecule has 0 bridgehead atoms. The van der Waals surface area contributed by atoms with Gasteiger partial charge in [0.15, 0.2) is 5.12 Å². The number of nitrogens with one attached hydrogen (secondary N) is 1. The maximum atomic E-state index is 13.2. The highest BCUT2D eigenvalue weighted by Crippen LogP contribution is 2.27. The summed E-state index contributed by atoms with van der Waals surface area (Å²) in [7, 11) is 0. The van der Waals surface area contributed by atoms with E-state index in [0.29, 0.717) is 30.7 Å². The van der Waals surface area contributed by atoms with E-state index in [4.69, 9.17) is 0 Å². The van der Waals surface area contributed by atoms with E-state index in [9.17, 15) is 24.3 Å². The first-order valence-electron chi connectivity index (χ1n) is 10.4. The van der Waals surface area contributed by atoms with E-state index in [0.717, 1.165) is 22.9 Å². The summed E-state index contributed by atoms with van der Waals surface area (Å²) < 4.78 is 0. The lowest BCUT2D eigenvalue weighted by atomic mass is 9.99. The number of para-hydroxylation sites is 1. The van der Waals surface area contributed by atoms with E-state index >= 15 is 0 Å². The predicted octanol–water partition coefficient (Wildman–Crippen LogP) is 2.67. The summed E-state index contributed by atoms with van der Waals surface area (Å²) in [6.07, 6.45) is 1.34. The Balaban J connectivity index is 1.79. The fourth-order valence-corrected chi connectivity index (χ4v) is 4.49. The Labute approximate surface area is 191 Å². The largest absolute Gasteiger partial charge is 0.480 e. The zero-order chi connectivity index (χ0) is 23.1. The molecule has 0 aromatic heterocycles. The first-order chi connectivity index (χ1) is 15.3. The van der Waals surface area contributed by atoms with E-state index in [1.165, 1.54) is 11.8 Å². The Morgan fingerprint density at radius 2 is 1.81 bits per heavy atom. The predicted molar refractivity (Wildman–Crippen MR) is 123 cm³/mol. The van der Waals surface area contributed by atoms with Crippen LogP contribution in [0.3, 0.4) is 0 Å². The molecule has 2 N–H and O–H groups in total. The van der Waals surface area contributed by atoms with E-state index in [1.54, 1.807) is 12.1 Å². The second kappa shape index (κ2) is 10.9. The average molecular weight is 455 g/mol. The number of nitrogens with zero attached hydrogens (tertiary/aromatic N) is 1. The molecule has 0 spiro atoms. The summed E-state index contributed by atoms with van der Waals surface area (Å²) in [6, 6.07) is 15.9. The van der Waals surface area contributed by atoms with Crippen LogP contribution in [0.5, 0.6) is 0 Å². The van der Waals surface area contributed by atoms with E-state index in [1.807, 2.05) is 42.5 Å². The SMILES string of the molecule is CC(=O)SC[C@@H](Cc1ccccc1)C(=O)NC1CCc2ccccc2N(CC(=O)O)C1=O. The second-order valence-corrected chi connectivity index (χ2v) is 8.93. The van der Waals surface area contributed by atoms with Crippen LogP contribution >= 0.6 is 11.8 Å². The van der Waals surface area contributed by atoms with Gasteiger partial charge in [-0.15, -0.1) is 0 Å². The van der Waals surface area contributed by atoms with Gasteiger partial charge in [0.25, 0.3) is 0 Å². The van der Waals surface area contributed by atoms with Crippen molar-refractivity contribution in [3.8, 4) is 0 Å². The molecule has 0 saturated heterocycles. The number of rotatable bonds is 8. The van der Waals surface area contributed by atoms with Crippen LogP contribution in [-0.4, -0.2) is 46.3 Å². The average Bonchev–Trinajstić information content (AvgIpc) is 2.89. The van der Waals surface area contributed by atoms with Crippen molar-refractivity contribution in [2.24, 2.45) is 5.92 Å². The van der Waals surface area contributed by atoms with Crippen LogP contribution in [0, 0.1) is 5.92 Å². The number of aliphatic carboxylic acids is 1. The molecule has 2 aromatic rings. The third-order valence-corrected chi connectivity index (χ3v) is 6.32. The summed E-state index contributed by atoms with van der Waals surface area (Å²) in [5.74, 6) is -2.08. The lowest BCUT2D eigenvalue weighted by molar-refractivity contribution is -0.137. The quantitative estimate of drug-likeness (QED) is 0.636. The Morgan fingerprint density at radius 1 is 1.12 bits per heavy atom. The van der Waals surface area contributed by atoms with Gasteiger partial charge in [0.1, 0.15) is 12.6 Å². The topological polar surface area (TPSA) is 104 Å². The Hall–Kier alpha value is -3.13. The Kier molecular flexibility index (Phi) is 8.05. The summed E-state index contributed by atoms with van der Waals surface area (Å²) in [5, 5.41) is 12.1. The first kappa shape index (κ1) is 23.5. The van der Waals surface area contributed by atoms with Gasteiger partial charge in [-0.1, -0.05) is 60.3 Å². The fraction of sp³-hybridized carbons (Fsp3) is 0.333. The third-order valence-electron chi connectivity index (χ3n) is 5.34. The van der Waals surface area contributed by atoms with E-state index in [-0.39, 0.29) is 11.0 Å². The van der Waals surface area contributed by atoms with Crippen molar-refractivity contribution in [3.05, 3.63) is 65.7 Å². The number of amides is 2. The second-order valence-electron chi connectivity index (χ2n) is 7.74. The lowest BCUT2D eigenvalue weighted by Crippen LogP contribution is -2.51. The van der Waals surface area contributed by atoms with Gasteiger partial charge in [0, 0.05) is 18.4 Å². The molecule has 7 nitrogen and oxygen atoms in total. The van der Waals surface area contributed by atoms with Crippen LogP contribution in [0.25, 0.3) is 0 Å². The van der Waals surface area contributed by atoms with Crippen molar-refractivity contribution in [1.29, 1.82) is 0 Å². The van der Waals surface area contributed by atoms with Gasteiger partial charge in [0.2, 0.25) is 11.8 Å². The summed E-state index contributed by atoms with van der Waals surface area (Å²) in [4.78, 5) is 50.5. The molecule has 0 saturated carbocycles. The van der Waals surface area contributed by atoms with Crippen molar-refractivity contribution in [3.63, 3.8) is 0 Å². The molecule has 0 radical (unpaired) electrons. The minimum absolute atomic E-state index is 0.0792. The van der Waals surface area contributed by atoms with Crippen LogP contribution in [0.15, 0.2) is 54.6 Å². The molecule has 1 aliphatic rings. The molecule has 32 heavy (non-hydrogen) atoms. The van der Waals surface area contributed by atoms with Crippen LogP contribution in [-0.2, 0) is 32.0 Å². The zero-order valence-electron chi connectivity index (χ0n) is 17.8. The number of anilines is 1. The van der Waals surface area contributed by atoms with Gasteiger partial charge in [-0.2, -0.15) is 0 Å². The number of carbonyl (C=O) groups excluding carboxylic acids is 3. The lowest BCUT2D eigenvalue weighted by Gasteiger charge is -2.26. The third kappa shape index (κ3) is 6.20. The molecule has 2 amide bonds. The number of carboxylic acids is 1. The normalized spacial score (nSPS) is 16.6. The zero-order valence-corrected chi connectivity index (χ0v) is 18.6. The van der Waals surface area contributed by atoms with Crippen molar-refractivity contribution >= 4 is 40.3 Å². The Morgan fingerprint density at radius 3 is 2.50 bits per heavy atom. The molecule has 168 valence electrons. The first-order valence-corrected chi connectivity index (χ1v) is 11.4. The highest BCUT2D eigenvalue weighted by molar-refractivity contribution is 8.13. The Bertz CT molecular complexity index is 995. The molecule has 1 unspecified atom stereocenters. The smallest absolute Gasteiger partial charge is 0.323 e. The number of carbonyl (C=O) groups is 4. The molecule has 0 aliphatic carbocycles. The van der Waals surface area contributed by atoms with Crippen LogP contribution in [0.4, 0.5) is 5.69 Å². The number of hydrogen-bond acceptors (Lipinski definition) is 5. The van der Waals surface area contributed by atoms with Crippen LogP contribution in [0.2, 0.25) is 0 Å². The van der Waals surface area contributed by atoms with Gasteiger partial charge < -0.3 is 10.4 Å². The molecule has 2 atom stereocenters. The van der Waals surface area contributed by atoms with Crippen molar-refractivity contribution in [2.45, 2.75) is 32.2 Å². The highest BCUT2D eigenvalue weighted by atomic mass is 32.2. The minimum Gasteiger partial charge on any atom is -0.480 e. The van der Waals surface area contributed by atoms with Crippen LogP contribution < -0.4 is 10.2 Å². The van der Waals surface area contributed by atoms with Gasteiger partial charge in [-0.05, 0) is 36.5 Å². The highest BCUT2D eigenvalue weighted by Gasteiger charge is 2.33. The number of carboxylic acid groups (broad SMARTS) is 1. The van der Waals surface area contributed by atoms with Crippen LogP contribution in [0.1, 0.15) is 24.5 Å². The number of fused-ring (bicyclic) bond motifs is 1.